The Labute approximate surface area is 148 Å². The molecule has 1 aromatic heterocycles. The van der Waals surface area contributed by atoms with Crippen LogP contribution in [0.25, 0.3) is 5.70 Å². The van der Waals surface area contributed by atoms with Gasteiger partial charge in [0.25, 0.3) is 5.69 Å². The Morgan fingerprint density at radius 1 is 1.23 bits per heavy atom. The second-order valence-corrected chi connectivity index (χ2v) is 5.76. The van der Waals surface area contributed by atoms with Crippen LogP contribution in [0.5, 0.6) is 5.75 Å². The van der Waals surface area contributed by atoms with Crippen LogP contribution in [-0.2, 0) is 0 Å². The molecule has 26 heavy (non-hydrogen) atoms. The molecule has 3 aromatic rings. The number of allylic oxidation sites excluding steroid dienone is 1. The molecule has 0 aliphatic carbocycles. The fraction of sp³-hybridized carbons (Fsp3) is 0.111. The number of ether oxygens (including phenoxy) is 1. The lowest BCUT2D eigenvalue weighted by molar-refractivity contribution is -0.384. The second kappa shape index (κ2) is 6.32. The van der Waals surface area contributed by atoms with Crippen molar-refractivity contribution in [3.05, 3.63) is 82.2 Å². The maximum atomic E-state index is 10.9. The number of non-ortho nitro benzene ring substituents is 1. The summed E-state index contributed by atoms with van der Waals surface area (Å²) >= 11 is 0. The normalized spacial score (nSPS) is 15.6. The Bertz CT molecular complexity index is 994. The Hall–Kier alpha value is -3.68. The van der Waals surface area contributed by atoms with Crippen LogP contribution in [0.2, 0.25) is 0 Å². The molecule has 8 nitrogen and oxygen atoms in total. The van der Waals surface area contributed by atoms with Crippen molar-refractivity contribution in [1.82, 2.24) is 14.8 Å². The number of benzene rings is 2. The van der Waals surface area contributed by atoms with Gasteiger partial charge in [0.2, 0.25) is 5.95 Å². The predicted octanol–water partition coefficient (Wildman–Crippen LogP) is 3.25. The molecule has 0 bridgehead atoms. The molecular formula is C18H15N5O3. The number of hydrogen-bond acceptors (Lipinski definition) is 6. The minimum absolute atomic E-state index is 0.0542. The average molecular weight is 349 g/mol. The van der Waals surface area contributed by atoms with Crippen LogP contribution in [0, 0.1) is 10.1 Å². The minimum atomic E-state index is -0.412. The van der Waals surface area contributed by atoms with Crippen molar-refractivity contribution < 1.29 is 9.66 Å². The third kappa shape index (κ3) is 2.77. The first-order chi connectivity index (χ1) is 12.7. The van der Waals surface area contributed by atoms with E-state index in [1.165, 1.54) is 18.5 Å². The summed E-state index contributed by atoms with van der Waals surface area (Å²) in [6, 6.07) is 13.9. The molecule has 0 amide bonds. The topological polar surface area (TPSA) is 95.1 Å². The zero-order valence-corrected chi connectivity index (χ0v) is 13.9. The van der Waals surface area contributed by atoms with E-state index in [2.05, 4.69) is 15.4 Å². The Kier molecular flexibility index (Phi) is 3.85. The largest absolute Gasteiger partial charge is 0.497 e. The zero-order chi connectivity index (χ0) is 18.1. The van der Waals surface area contributed by atoms with Gasteiger partial charge in [-0.25, -0.2) is 4.68 Å². The van der Waals surface area contributed by atoms with Crippen molar-refractivity contribution in [3.63, 3.8) is 0 Å². The lowest BCUT2D eigenvalue weighted by atomic mass is 10.0. The number of aromatic nitrogens is 3. The summed E-state index contributed by atoms with van der Waals surface area (Å²) in [6.45, 7) is 0. The van der Waals surface area contributed by atoms with E-state index in [0.29, 0.717) is 5.95 Å². The fourth-order valence-electron chi connectivity index (χ4n) is 2.92. The smallest absolute Gasteiger partial charge is 0.269 e. The van der Waals surface area contributed by atoms with Crippen molar-refractivity contribution in [2.45, 2.75) is 6.04 Å². The van der Waals surface area contributed by atoms with Crippen LogP contribution in [0.4, 0.5) is 11.6 Å². The molecule has 8 heteroatoms. The summed E-state index contributed by atoms with van der Waals surface area (Å²) in [5, 5.41) is 18.4. The van der Waals surface area contributed by atoms with Gasteiger partial charge < -0.3 is 10.1 Å². The monoisotopic (exact) mass is 349 g/mol. The van der Waals surface area contributed by atoms with E-state index in [1.807, 2.05) is 30.3 Å². The number of nitrogens with one attached hydrogen (secondary N) is 1. The highest BCUT2D eigenvalue weighted by Crippen LogP contribution is 2.33. The lowest BCUT2D eigenvalue weighted by Gasteiger charge is -2.24. The van der Waals surface area contributed by atoms with Crippen molar-refractivity contribution in [2.75, 3.05) is 12.4 Å². The van der Waals surface area contributed by atoms with Crippen LogP contribution < -0.4 is 10.1 Å². The van der Waals surface area contributed by atoms with E-state index in [-0.39, 0.29) is 11.7 Å². The minimum Gasteiger partial charge on any atom is -0.497 e. The van der Waals surface area contributed by atoms with Crippen LogP contribution in [0.3, 0.4) is 0 Å². The van der Waals surface area contributed by atoms with E-state index < -0.39 is 4.92 Å². The highest BCUT2D eigenvalue weighted by atomic mass is 16.6. The fourth-order valence-corrected chi connectivity index (χ4v) is 2.92. The van der Waals surface area contributed by atoms with Gasteiger partial charge in [-0.2, -0.15) is 10.1 Å². The average Bonchev–Trinajstić information content (AvgIpc) is 3.16. The molecule has 0 unspecified atom stereocenters. The highest BCUT2D eigenvalue weighted by Gasteiger charge is 2.24. The number of nitrogens with zero attached hydrogens (tertiary/aromatic N) is 4. The Morgan fingerprint density at radius 2 is 2.04 bits per heavy atom. The van der Waals surface area contributed by atoms with Gasteiger partial charge in [0, 0.05) is 23.4 Å². The molecule has 1 aliphatic heterocycles. The molecule has 0 saturated heterocycles. The van der Waals surface area contributed by atoms with Gasteiger partial charge in [0.15, 0.2) is 0 Å². The second-order valence-electron chi connectivity index (χ2n) is 5.76. The summed E-state index contributed by atoms with van der Waals surface area (Å²) in [5.41, 5.74) is 2.75. The third-order valence-corrected chi connectivity index (χ3v) is 4.23. The molecule has 0 spiro atoms. The quantitative estimate of drug-likeness (QED) is 0.574. The molecule has 2 aromatic carbocycles. The first-order valence-electron chi connectivity index (χ1n) is 7.93. The molecular weight excluding hydrogens is 334 g/mol. The lowest BCUT2D eigenvalue weighted by Crippen LogP contribution is -2.20. The first-order valence-corrected chi connectivity index (χ1v) is 7.93. The molecule has 0 radical (unpaired) electrons. The first kappa shape index (κ1) is 15.8. The van der Waals surface area contributed by atoms with Crippen LogP contribution in [-0.4, -0.2) is 26.8 Å². The maximum absolute atomic E-state index is 10.9. The number of rotatable bonds is 4. The van der Waals surface area contributed by atoms with Crippen molar-refractivity contribution >= 4 is 17.3 Å². The van der Waals surface area contributed by atoms with Gasteiger partial charge >= 0.3 is 0 Å². The van der Waals surface area contributed by atoms with E-state index in [0.717, 1.165) is 22.6 Å². The molecule has 130 valence electrons. The number of fused-ring (bicyclic) bond motifs is 1. The molecule has 0 saturated carbocycles. The van der Waals surface area contributed by atoms with Gasteiger partial charge in [0.1, 0.15) is 18.1 Å². The van der Waals surface area contributed by atoms with E-state index in [9.17, 15) is 10.1 Å². The molecule has 1 aliphatic rings. The van der Waals surface area contributed by atoms with Gasteiger partial charge in [-0.15, -0.1) is 0 Å². The number of methoxy groups -OCH3 is 1. The van der Waals surface area contributed by atoms with E-state index >= 15 is 0 Å². The van der Waals surface area contributed by atoms with Gasteiger partial charge in [0.05, 0.1) is 12.0 Å². The summed E-state index contributed by atoms with van der Waals surface area (Å²) < 4.78 is 7.04. The summed E-state index contributed by atoms with van der Waals surface area (Å²) in [6.07, 6.45) is 3.49. The van der Waals surface area contributed by atoms with E-state index in [1.54, 1.807) is 23.9 Å². The van der Waals surface area contributed by atoms with Gasteiger partial charge in [-0.3, -0.25) is 10.1 Å². The number of anilines is 1. The number of nitro benzene ring substituents is 1. The third-order valence-electron chi connectivity index (χ3n) is 4.23. The Balaban J connectivity index is 1.76. The van der Waals surface area contributed by atoms with Crippen LogP contribution in [0.15, 0.2) is 60.9 Å². The SMILES string of the molecule is COc1cccc(C2=C[C@@H](c3ccc([N+](=O)[O-])cc3)n3ncnc3N2)c1. The van der Waals surface area contributed by atoms with Crippen LogP contribution >= 0.6 is 0 Å². The molecule has 2 heterocycles. The zero-order valence-electron chi connectivity index (χ0n) is 13.9. The van der Waals surface area contributed by atoms with Crippen LogP contribution in [0.1, 0.15) is 17.2 Å². The molecule has 1 atom stereocenters. The summed E-state index contributed by atoms with van der Waals surface area (Å²) in [4.78, 5) is 14.7. The summed E-state index contributed by atoms with van der Waals surface area (Å²) in [5.74, 6) is 1.36. The maximum Gasteiger partial charge on any atom is 0.269 e. The standard InChI is InChI=1S/C18H15N5O3/c1-26-15-4-2-3-13(9-15)16-10-17(22-18(21-16)19-11-20-22)12-5-7-14(8-6-12)23(24)25/h2-11,17H,1H3,(H,19,20,21)/t17-/m0/s1. The number of hydrogen-bond donors (Lipinski definition) is 1. The van der Waals surface area contributed by atoms with Crippen molar-refractivity contribution in [1.29, 1.82) is 0 Å². The van der Waals surface area contributed by atoms with Crippen molar-refractivity contribution in [3.8, 4) is 5.75 Å². The molecule has 1 N–H and O–H groups in total. The highest BCUT2D eigenvalue weighted by molar-refractivity contribution is 5.77. The summed E-state index contributed by atoms with van der Waals surface area (Å²) in [7, 11) is 1.62. The molecule has 0 fully saturated rings. The predicted molar refractivity (Wildman–Crippen MR) is 95.9 cm³/mol. The molecule has 4 rings (SSSR count). The number of nitro groups is 1. The van der Waals surface area contributed by atoms with Crippen molar-refractivity contribution in [2.24, 2.45) is 0 Å². The van der Waals surface area contributed by atoms with E-state index in [4.69, 9.17) is 4.74 Å². The van der Waals surface area contributed by atoms with Gasteiger partial charge in [-0.05, 0) is 35.9 Å². The Morgan fingerprint density at radius 3 is 2.77 bits per heavy atom. The van der Waals surface area contributed by atoms with Gasteiger partial charge in [-0.1, -0.05) is 12.1 Å².